The second kappa shape index (κ2) is 5.81. The van der Waals surface area contributed by atoms with Crippen LogP contribution in [0.15, 0.2) is 30.6 Å². The van der Waals surface area contributed by atoms with E-state index in [0.29, 0.717) is 11.3 Å². The number of hydrogen-bond acceptors (Lipinski definition) is 5. The molecule has 0 atom stereocenters. The Bertz CT molecular complexity index is 601. The van der Waals surface area contributed by atoms with Gasteiger partial charge < -0.3 is 5.32 Å². The van der Waals surface area contributed by atoms with Gasteiger partial charge >= 0.3 is 0 Å². The van der Waals surface area contributed by atoms with Crippen molar-refractivity contribution in [1.82, 2.24) is 9.97 Å². The van der Waals surface area contributed by atoms with Crippen LogP contribution >= 0.6 is 23.2 Å². The van der Waals surface area contributed by atoms with Crippen LogP contribution in [0.5, 0.6) is 0 Å². The maximum atomic E-state index is 10.9. The van der Waals surface area contributed by atoms with Crippen LogP contribution in [0.1, 0.15) is 5.56 Å². The Morgan fingerprint density at radius 2 is 1.84 bits per heavy atom. The zero-order valence-electron chi connectivity index (χ0n) is 9.51. The summed E-state index contributed by atoms with van der Waals surface area (Å²) in [6.45, 7) is 0.198. The lowest BCUT2D eigenvalue weighted by Gasteiger charge is -2.08. The van der Waals surface area contributed by atoms with Crippen LogP contribution in [0.25, 0.3) is 0 Å². The highest BCUT2D eigenvalue weighted by atomic mass is 35.5. The third kappa shape index (κ3) is 3.10. The molecule has 0 aliphatic heterocycles. The number of para-hydroxylation sites is 1. The molecule has 2 rings (SSSR count). The first-order valence-corrected chi connectivity index (χ1v) is 5.97. The molecule has 1 heterocycles. The fraction of sp³-hybridized carbons (Fsp3) is 0.0909. The van der Waals surface area contributed by atoms with Crippen molar-refractivity contribution in [2.75, 3.05) is 5.32 Å². The summed E-state index contributed by atoms with van der Waals surface area (Å²) in [6.07, 6.45) is 1.24. The molecule has 19 heavy (non-hydrogen) atoms. The number of nitrogens with one attached hydrogen (secondary N) is 1. The molecule has 0 saturated carbocycles. The van der Waals surface area contributed by atoms with E-state index in [1.165, 1.54) is 12.4 Å². The molecule has 2 aromatic rings. The number of benzene rings is 1. The second-order valence-corrected chi connectivity index (χ2v) is 4.29. The third-order valence-corrected chi connectivity index (χ3v) is 2.97. The summed E-state index contributed by atoms with van der Waals surface area (Å²) in [4.78, 5) is 18.0. The molecule has 1 aromatic heterocycles. The van der Waals surface area contributed by atoms with E-state index in [4.69, 9.17) is 23.2 Å². The Morgan fingerprint density at radius 3 is 2.47 bits per heavy atom. The number of rotatable bonds is 4. The van der Waals surface area contributed by atoms with Crippen molar-refractivity contribution in [3.63, 3.8) is 0 Å². The maximum absolute atomic E-state index is 10.9. The van der Waals surface area contributed by atoms with Crippen LogP contribution < -0.4 is 5.32 Å². The summed E-state index contributed by atoms with van der Waals surface area (Å²) >= 11 is 11.7. The summed E-state index contributed by atoms with van der Waals surface area (Å²) in [7, 11) is 0. The van der Waals surface area contributed by atoms with E-state index in [1.807, 2.05) is 0 Å². The highest BCUT2D eigenvalue weighted by Crippen LogP contribution is 2.27. The Kier molecular flexibility index (Phi) is 4.13. The quantitative estimate of drug-likeness (QED) is 0.532. The van der Waals surface area contributed by atoms with E-state index in [9.17, 15) is 10.1 Å². The molecule has 0 unspecified atom stereocenters. The Labute approximate surface area is 118 Å². The minimum absolute atomic E-state index is 0.0269. The highest BCUT2D eigenvalue weighted by molar-refractivity contribution is 6.37. The summed E-state index contributed by atoms with van der Waals surface area (Å²) < 4.78 is 0. The van der Waals surface area contributed by atoms with Gasteiger partial charge in [0.25, 0.3) is 5.69 Å². The molecular weight excluding hydrogens is 291 g/mol. The average molecular weight is 299 g/mol. The summed E-state index contributed by atoms with van der Waals surface area (Å²) in [5.41, 5.74) is 0.895. The van der Waals surface area contributed by atoms with Gasteiger partial charge in [-0.05, 0) is 0 Å². The first-order chi connectivity index (χ1) is 9.09. The van der Waals surface area contributed by atoms with Gasteiger partial charge in [0.1, 0.15) is 12.0 Å². The maximum Gasteiger partial charge on any atom is 0.274 e. The van der Waals surface area contributed by atoms with Crippen LogP contribution in [0.4, 0.5) is 11.4 Å². The van der Waals surface area contributed by atoms with Crippen molar-refractivity contribution in [3.05, 3.63) is 56.6 Å². The predicted molar refractivity (Wildman–Crippen MR) is 72.5 cm³/mol. The normalized spacial score (nSPS) is 10.2. The summed E-state index contributed by atoms with van der Waals surface area (Å²) in [5.74, 6) is 0. The van der Waals surface area contributed by atoms with E-state index in [0.717, 1.165) is 0 Å². The minimum Gasteiger partial charge on any atom is -0.376 e. The van der Waals surface area contributed by atoms with Gasteiger partial charge in [-0.25, -0.2) is 9.97 Å². The Hall–Kier alpha value is -1.92. The number of aromatic nitrogens is 2. The van der Waals surface area contributed by atoms with Crippen molar-refractivity contribution in [2.45, 2.75) is 6.54 Å². The summed E-state index contributed by atoms with van der Waals surface area (Å²) in [6, 6.07) is 6.40. The second-order valence-electron chi connectivity index (χ2n) is 3.57. The van der Waals surface area contributed by atoms with E-state index in [-0.39, 0.29) is 22.5 Å². The molecule has 0 aliphatic carbocycles. The molecule has 8 heteroatoms. The highest BCUT2D eigenvalue weighted by Gasteiger charge is 2.13. The van der Waals surface area contributed by atoms with Crippen LogP contribution in [0, 0.1) is 10.1 Å². The minimum atomic E-state index is -0.443. The van der Waals surface area contributed by atoms with Crippen molar-refractivity contribution in [2.24, 2.45) is 0 Å². The predicted octanol–water partition coefficient (Wildman–Crippen LogP) is 3.30. The monoisotopic (exact) mass is 298 g/mol. The molecule has 98 valence electrons. The standard InChI is InChI=1S/C11H8Cl2N4O2/c12-10-9(11(13)16-6-15-10)14-5-7-3-1-2-4-8(7)17(18)19/h1-4,6,14H,5H2. The SMILES string of the molecule is O=[N+]([O-])c1ccccc1CNc1c(Cl)ncnc1Cl. The number of anilines is 1. The van der Waals surface area contributed by atoms with Crippen molar-refractivity contribution >= 4 is 34.6 Å². The molecule has 6 nitrogen and oxygen atoms in total. The Balaban J connectivity index is 2.22. The van der Waals surface area contributed by atoms with Gasteiger partial charge in [-0.1, -0.05) is 41.4 Å². The Morgan fingerprint density at radius 1 is 1.21 bits per heavy atom. The topological polar surface area (TPSA) is 81.0 Å². The van der Waals surface area contributed by atoms with Gasteiger partial charge in [-0.3, -0.25) is 10.1 Å². The largest absolute Gasteiger partial charge is 0.376 e. The van der Waals surface area contributed by atoms with Crippen molar-refractivity contribution < 1.29 is 4.92 Å². The van der Waals surface area contributed by atoms with Crippen molar-refractivity contribution in [3.8, 4) is 0 Å². The average Bonchev–Trinajstić information content (AvgIpc) is 2.38. The van der Waals surface area contributed by atoms with Crippen LogP contribution in [-0.4, -0.2) is 14.9 Å². The van der Waals surface area contributed by atoms with Crippen molar-refractivity contribution in [1.29, 1.82) is 0 Å². The molecule has 0 amide bonds. The molecular formula is C11H8Cl2N4O2. The lowest BCUT2D eigenvalue weighted by Crippen LogP contribution is -2.05. The number of nitro benzene ring substituents is 1. The number of nitro groups is 1. The van der Waals surface area contributed by atoms with E-state index in [1.54, 1.807) is 18.2 Å². The van der Waals surface area contributed by atoms with Gasteiger partial charge in [0.15, 0.2) is 10.3 Å². The molecule has 0 aliphatic rings. The van der Waals surface area contributed by atoms with E-state index in [2.05, 4.69) is 15.3 Å². The lowest BCUT2D eigenvalue weighted by molar-refractivity contribution is -0.385. The molecule has 0 fully saturated rings. The first-order valence-electron chi connectivity index (χ1n) is 5.21. The molecule has 0 spiro atoms. The fourth-order valence-corrected chi connectivity index (χ4v) is 1.96. The lowest BCUT2D eigenvalue weighted by atomic mass is 10.2. The van der Waals surface area contributed by atoms with E-state index >= 15 is 0 Å². The number of nitrogens with zero attached hydrogens (tertiary/aromatic N) is 3. The number of halogens is 2. The number of hydrogen-bond donors (Lipinski definition) is 1. The third-order valence-electron chi connectivity index (χ3n) is 2.40. The smallest absolute Gasteiger partial charge is 0.274 e. The van der Waals surface area contributed by atoms with Gasteiger partial charge in [-0.2, -0.15) is 0 Å². The zero-order valence-corrected chi connectivity index (χ0v) is 11.0. The van der Waals surface area contributed by atoms with E-state index < -0.39 is 4.92 Å². The van der Waals surface area contributed by atoms with Gasteiger partial charge in [0.2, 0.25) is 0 Å². The van der Waals surface area contributed by atoms with Crippen LogP contribution in [-0.2, 0) is 6.54 Å². The van der Waals surface area contributed by atoms with Gasteiger partial charge in [0.05, 0.1) is 4.92 Å². The van der Waals surface area contributed by atoms with Crippen LogP contribution in [0.3, 0.4) is 0 Å². The molecule has 1 aromatic carbocycles. The first kappa shape index (κ1) is 13.5. The fourth-order valence-electron chi connectivity index (χ4n) is 1.51. The molecule has 0 saturated heterocycles. The van der Waals surface area contributed by atoms with Crippen LogP contribution in [0.2, 0.25) is 10.3 Å². The van der Waals surface area contributed by atoms with Gasteiger partial charge in [0, 0.05) is 18.2 Å². The molecule has 0 radical (unpaired) electrons. The van der Waals surface area contributed by atoms with Gasteiger partial charge in [-0.15, -0.1) is 0 Å². The zero-order chi connectivity index (χ0) is 13.8. The molecule has 1 N–H and O–H groups in total. The molecule has 0 bridgehead atoms. The summed E-state index contributed by atoms with van der Waals surface area (Å²) in [5, 5.41) is 14.1.